The van der Waals surface area contributed by atoms with Crippen LogP contribution < -0.4 is 20.3 Å². The van der Waals surface area contributed by atoms with Crippen LogP contribution in [-0.4, -0.2) is 24.1 Å². The monoisotopic (exact) mass is 358 g/mol. The summed E-state index contributed by atoms with van der Waals surface area (Å²) in [7, 11) is 3.07. The number of fused-ring (bicyclic) bond motifs is 1. The molecule has 1 amide bonds. The summed E-state index contributed by atoms with van der Waals surface area (Å²) in [6.45, 7) is 1.69. The molecule has 0 bridgehead atoms. The Labute approximate surface area is 148 Å². The van der Waals surface area contributed by atoms with Crippen molar-refractivity contribution in [2.45, 2.75) is 13.0 Å². The number of benzene rings is 2. The van der Waals surface area contributed by atoms with Gasteiger partial charge in [-0.15, -0.1) is 0 Å². The fourth-order valence-electron chi connectivity index (χ4n) is 2.50. The SMILES string of the molecule is COc1ccc(OC)c(NC(=O)C(C)n2sc3ccccc3c2=O)c1. The minimum absolute atomic E-state index is 0.166. The van der Waals surface area contributed by atoms with Gasteiger partial charge in [0.2, 0.25) is 5.91 Å². The van der Waals surface area contributed by atoms with Crippen LogP contribution in [0.1, 0.15) is 13.0 Å². The fraction of sp³-hybridized carbons (Fsp3) is 0.222. The molecule has 25 heavy (non-hydrogen) atoms. The maximum absolute atomic E-state index is 12.6. The molecule has 3 rings (SSSR count). The number of hydrogen-bond donors (Lipinski definition) is 1. The second kappa shape index (κ2) is 6.98. The smallest absolute Gasteiger partial charge is 0.269 e. The maximum Gasteiger partial charge on any atom is 0.269 e. The van der Waals surface area contributed by atoms with Crippen LogP contribution in [0.5, 0.6) is 11.5 Å². The molecule has 1 aromatic heterocycles. The quantitative estimate of drug-likeness (QED) is 0.760. The molecular formula is C18H18N2O4S. The largest absolute Gasteiger partial charge is 0.497 e. The van der Waals surface area contributed by atoms with Gasteiger partial charge in [-0.1, -0.05) is 23.7 Å². The van der Waals surface area contributed by atoms with E-state index in [1.807, 2.05) is 18.2 Å². The van der Waals surface area contributed by atoms with E-state index in [0.29, 0.717) is 22.6 Å². The van der Waals surface area contributed by atoms with Gasteiger partial charge in [-0.05, 0) is 31.2 Å². The van der Waals surface area contributed by atoms with Crippen molar-refractivity contribution in [1.82, 2.24) is 3.96 Å². The first kappa shape index (κ1) is 17.0. The van der Waals surface area contributed by atoms with E-state index in [4.69, 9.17) is 9.47 Å². The molecule has 1 atom stereocenters. The number of aromatic nitrogens is 1. The summed E-state index contributed by atoms with van der Waals surface area (Å²) in [4.78, 5) is 25.1. The van der Waals surface area contributed by atoms with Gasteiger partial charge in [0.15, 0.2) is 0 Å². The van der Waals surface area contributed by atoms with Crippen molar-refractivity contribution in [2.24, 2.45) is 0 Å². The lowest BCUT2D eigenvalue weighted by Gasteiger charge is -2.15. The predicted molar refractivity (Wildman–Crippen MR) is 99.0 cm³/mol. The van der Waals surface area contributed by atoms with Gasteiger partial charge in [-0.2, -0.15) is 0 Å². The average molecular weight is 358 g/mol. The Bertz CT molecular complexity index is 977. The molecule has 0 aliphatic carbocycles. The highest BCUT2D eigenvalue weighted by molar-refractivity contribution is 7.14. The highest BCUT2D eigenvalue weighted by atomic mass is 32.1. The molecule has 0 fully saturated rings. The molecule has 6 nitrogen and oxygen atoms in total. The summed E-state index contributed by atoms with van der Waals surface area (Å²) in [5.41, 5.74) is 0.328. The highest BCUT2D eigenvalue weighted by Crippen LogP contribution is 2.30. The van der Waals surface area contributed by atoms with Crippen molar-refractivity contribution in [3.8, 4) is 11.5 Å². The highest BCUT2D eigenvalue weighted by Gasteiger charge is 2.21. The van der Waals surface area contributed by atoms with Crippen LogP contribution in [0, 0.1) is 0 Å². The number of methoxy groups -OCH3 is 2. The number of nitrogens with one attached hydrogen (secondary N) is 1. The minimum atomic E-state index is -0.652. The zero-order valence-electron chi connectivity index (χ0n) is 14.1. The summed E-state index contributed by atoms with van der Waals surface area (Å²) in [6.07, 6.45) is 0. The number of hydrogen-bond acceptors (Lipinski definition) is 5. The van der Waals surface area contributed by atoms with Gasteiger partial charge in [0.1, 0.15) is 17.5 Å². The predicted octanol–water partition coefficient (Wildman–Crippen LogP) is 3.28. The van der Waals surface area contributed by atoms with E-state index in [2.05, 4.69) is 5.32 Å². The van der Waals surface area contributed by atoms with E-state index in [-0.39, 0.29) is 11.5 Å². The van der Waals surface area contributed by atoms with E-state index in [0.717, 1.165) is 4.70 Å². The maximum atomic E-state index is 12.6. The Hall–Kier alpha value is -2.80. The van der Waals surface area contributed by atoms with Crippen molar-refractivity contribution in [1.29, 1.82) is 0 Å². The van der Waals surface area contributed by atoms with Gasteiger partial charge in [-0.3, -0.25) is 13.5 Å². The lowest BCUT2D eigenvalue weighted by molar-refractivity contribution is -0.118. The summed E-state index contributed by atoms with van der Waals surface area (Å²) < 4.78 is 12.8. The van der Waals surface area contributed by atoms with E-state index in [9.17, 15) is 9.59 Å². The third-order valence-corrected chi connectivity index (χ3v) is 5.14. The van der Waals surface area contributed by atoms with Crippen LogP contribution in [-0.2, 0) is 4.79 Å². The Kier molecular flexibility index (Phi) is 4.76. The second-order valence-electron chi connectivity index (χ2n) is 5.45. The Morgan fingerprint density at radius 2 is 1.92 bits per heavy atom. The normalized spacial score (nSPS) is 12.0. The number of carbonyl (C=O) groups is 1. The van der Waals surface area contributed by atoms with E-state index < -0.39 is 6.04 Å². The second-order valence-corrected chi connectivity index (χ2v) is 6.47. The number of carbonyl (C=O) groups excluding carboxylic acids is 1. The number of amides is 1. The Morgan fingerprint density at radius 3 is 2.60 bits per heavy atom. The molecule has 1 unspecified atom stereocenters. The van der Waals surface area contributed by atoms with Crippen LogP contribution in [0.3, 0.4) is 0 Å². The average Bonchev–Trinajstić information content (AvgIpc) is 2.98. The minimum Gasteiger partial charge on any atom is -0.497 e. The number of rotatable bonds is 5. The summed E-state index contributed by atoms with van der Waals surface area (Å²) >= 11 is 1.28. The molecule has 0 aliphatic heterocycles. The molecule has 3 aromatic rings. The van der Waals surface area contributed by atoms with Crippen LogP contribution >= 0.6 is 11.5 Å². The molecule has 1 heterocycles. The molecule has 7 heteroatoms. The van der Waals surface area contributed by atoms with E-state index in [1.165, 1.54) is 22.6 Å². The molecular weight excluding hydrogens is 340 g/mol. The molecule has 0 spiro atoms. The molecule has 0 saturated carbocycles. The summed E-state index contributed by atoms with van der Waals surface area (Å²) in [5.74, 6) is 0.813. The van der Waals surface area contributed by atoms with Crippen LogP contribution in [0.25, 0.3) is 10.1 Å². The first-order valence-corrected chi connectivity index (χ1v) is 8.46. The van der Waals surface area contributed by atoms with Gasteiger partial charge in [-0.25, -0.2) is 0 Å². The third kappa shape index (κ3) is 3.23. The van der Waals surface area contributed by atoms with E-state index >= 15 is 0 Å². The Morgan fingerprint density at radius 1 is 1.16 bits per heavy atom. The topological polar surface area (TPSA) is 69.6 Å². The molecule has 2 aromatic carbocycles. The zero-order chi connectivity index (χ0) is 18.0. The van der Waals surface area contributed by atoms with Gasteiger partial charge in [0.25, 0.3) is 5.56 Å². The summed E-state index contributed by atoms with van der Waals surface area (Å²) in [6, 6.07) is 11.8. The first-order valence-electron chi connectivity index (χ1n) is 7.68. The van der Waals surface area contributed by atoms with Gasteiger partial charge < -0.3 is 14.8 Å². The molecule has 0 saturated heterocycles. The van der Waals surface area contributed by atoms with Crippen molar-refractivity contribution in [3.63, 3.8) is 0 Å². The first-order chi connectivity index (χ1) is 12.0. The molecule has 130 valence electrons. The standard InChI is InChI=1S/C18H18N2O4S/c1-11(20-18(22)13-6-4-5-7-16(13)25-20)17(21)19-14-10-12(23-2)8-9-15(14)24-3/h4-11H,1-3H3,(H,19,21). The fourth-order valence-corrected chi connectivity index (χ4v) is 3.54. The lowest BCUT2D eigenvalue weighted by atomic mass is 10.2. The third-order valence-electron chi connectivity index (χ3n) is 3.91. The Balaban J connectivity index is 1.90. The van der Waals surface area contributed by atoms with Crippen LogP contribution in [0.2, 0.25) is 0 Å². The molecule has 0 aliphatic rings. The van der Waals surface area contributed by atoms with E-state index in [1.54, 1.807) is 38.3 Å². The molecule has 0 radical (unpaired) electrons. The van der Waals surface area contributed by atoms with Crippen LogP contribution in [0.4, 0.5) is 5.69 Å². The van der Waals surface area contributed by atoms with Crippen molar-refractivity contribution >= 4 is 33.2 Å². The zero-order valence-corrected chi connectivity index (χ0v) is 14.9. The van der Waals surface area contributed by atoms with Crippen molar-refractivity contribution < 1.29 is 14.3 Å². The number of ether oxygens (including phenoxy) is 2. The van der Waals surface area contributed by atoms with Crippen molar-refractivity contribution in [2.75, 3.05) is 19.5 Å². The lowest BCUT2D eigenvalue weighted by Crippen LogP contribution is -2.28. The number of anilines is 1. The van der Waals surface area contributed by atoms with Gasteiger partial charge in [0, 0.05) is 6.07 Å². The van der Waals surface area contributed by atoms with Crippen molar-refractivity contribution in [3.05, 3.63) is 52.8 Å². The number of nitrogens with zero attached hydrogens (tertiary/aromatic N) is 1. The summed E-state index contributed by atoms with van der Waals surface area (Å²) in [5, 5.41) is 3.43. The molecule has 1 N–H and O–H groups in total. The van der Waals surface area contributed by atoms with Gasteiger partial charge >= 0.3 is 0 Å². The van der Waals surface area contributed by atoms with Crippen LogP contribution in [0.15, 0.2) is 47.3 Å². The van der Waals surface area contributed by atoms with Gasteiger partial charge in [0.05, 0.1) is 30.0 Å².